The Morgan fingerprint density at radius 1 is 1.32 bits per heavy atom. The molecule has 28 heavy (non-hydrogen) atoms. The Hall–Kier alpha value is -1.71. The van der Waals surface area contributed by atoms with Gasteiger partial charge in [-0.2, -0.15) is 0 Å². The maximum Gasteiger partial charge on any atom is 0.229 e. The molecule has 2 fully saturated rings. The molecule has 1 amide bonds. The minimum atomic E-state index is -2.94. The molecule has 0 radical (unpaired) electrons. The van der Waals surface area contributed by atoms with Crippen molar-refractivity contribution in [3.8, 4) is 11.3 Å². The number of aromatic nitrogens is 2. The van der Waals surface area contributed by atoms with E-state index in [0.717, 1.165) is 27.7 Å². The molecule has 9 heteroatoms. The Morgan fingerprint density at radius 2 is 2.07 bits per heavy atom. The molecule has 0 spiro atoms. The number of nitrogens with zero attached hydrogens (tertiary/aromatic N) is 3. The van der Waals surface area contributed by atoms with E-state index in [9.17, 15) is 13.2 Å². The average Bonchev–Trinajstić information content (AvgIpc) is 3.33. The average molecular weight is 424 g/mol. The van der Waals surface area contributed by atoms with E-state index in [1.807, 2.05) is 24.1 Å². The normalized spacial score (nSPS) is 21.9. The van der Waals surface area contributed by atoms with E-state index < -0.39 is 9.84 Å². The fraction of sp³-hybridized carbons (Fsp3) is 0.579. The topological polar surface area (TPSA) is 81.5 Å². The third-order valence-electron chi connectivity index (χ3n) is 5.55. The van der Waals surface area contributed by atoms with E-state index in [1.165, 1.54) is 11.3 Å². The number of amides is 1. The highest BCUT2D eigenvalue weighted by molar-refractivity contribution is 7.91. The van der Waals surface area contributed by atoms with Gasteiger partial charge < -0.3 is 14.2 Å². The van der Waals surface area contributed by atoms with Crippen molar-refractivity contribution in [2.24, 2.45) is 0 Å². The van der Waals surface area contributed by atoms with Gasteiger partial charge in [0.2, 0.25) is 5.91 Å². The van der Waals surface area contributed by atoms with Gasteiger partial charge in [-0.1, -0.05) is 0 Å². The van der Waals surface area contributed by atoms with Gasteiger partial charge in [0.1, 0.15) is 5.01 Å². The SMILES string of the molecule is Cc1cc(-c2csc(CC(=O)N3CCOCC3)n2)c(C)n1[C@@H]1CCS(=O)(=O)C1. The maximum absolute atomic E-state index is 12.4. The maximum atomic E-state index is 12.4. The zero-order valence-corrected chi connectivity index (χ0v) is 17.8. The summed E-state index contributed by atoms with van der Waals surface area (Å²) in [6, 6.07) is 2.07. The minimum absolute atomic E-state index is 0.000227. The van der Waals surface area contributed by atoms with Crippen LogP contribution in [-0.2, 0) is 25.8 Å². The molecular weight excluding hydrogens is 398 g/mol. The van der Waals surface area contributed by atoms with Crippen LogP contribution in [0.5, 0.6) is 0 Å². The van der Waals surface area contributed by atoms with Crippen LogP contribution >= 0.6 is 11.3 Å². The molecule has 1 atom stereocenters. The summed E-state index contributed by atoms with van der Waals surface area (Å²) < 4.78 is 31.2. The van der Waals surface area contributed by atoms with Crippen LogP contribution in [-0.4, -0.2) is 66.6 Å². The number of hydrogen-bond donors (Lipinski definition) is 0. The monoisotopic (exact) mass is 423 g/mol. The fourth-order valence-electron chi connectivity index (χ4n) is 4.15. The first-order valence-corrected chi connectivity index (χ1v) is 12.2. The molecule has 4 heterocycles. The number of morpholine rings is 1. The van der Waals surface area contributed by atoms with Gasteiger partial charge in [0.05, 0.1) is 36.8 Å². The van der Waals surface area contributed by atoms with Crippen LogP contribution in [0, 0.1) is 13.8 Å². The number of thiazole rings is 1. The second-order valence-corrected chi connectivity index (χ2v) is 10.7. The van der Waals surface area contributed by atoms with Gasteiger partial charge in [-0.05, 0) is 26.3 Å². The van der Waals surface area contributed by atoms with Gasteiger partial charge in [-0.15, -0.1) is 11.3 Å². The predicted octanol–water partition coefficient (Wildman–Crippen LogP) is 1.99. The highest BCUT2D eigenvalue weighted by Crippen LogP contribution is 2.34. The van der Waals surface area contributed by atoms with E-state index in [0.29, 0.717) is 39.1 Å². The lowest BCUT2D eigenvalue weighted by Crippen LogP contribution is -2.41. The lowest BCUT2D eigenvalue weighted by atomic mass is 10.2. The van der Waals surface area contributed by atoms with E-state index >= 15 is 0 Å². The van der Waals surface area contributed by atoms with Crippen molar-refractivity contribution in [2.75, 3.05) is 37.8 Å². The minimum Gasteiger partial charge on any atom is -0.378 e. The number of aryl methyl sites for hydroxylation is 1. The lowest BCUT2D eigenvalue weighted by molar-refractivity contribution is -0.134. The van der Waals surface area contributed by atoms with Crippen LogP contribution in [0.15, 0.2) is 11.4 Å². The van der Waals surface area contributed by atoms with Crippen molar-refractivity contribution in [1.82, 2.24) is 14.5 Å². The van der Waals surface area contributed by atoms with Crippen molar-refractivity contribution in [3.63, 3.8) is 0 Å². The van der Waals surface area contributed by atoms with Crippen LogP contribution < -0.4 is 0 Å². The fourth-order valence-corrected chi connectivity index (χ4v) is 6.63. The summed E-state index contributed by atoms with van der Waals surface area (Å²) in [5.41, 5.74) is 3.96. The molecule has 2 aromatic heterocycles. The van der Waals surface area contributed by atoms with Crippen molar-refractivity contribution in [3.05, 3.63) is 27.8 Å². The molecule has 152 valence electrons. The number of carbonyl (C=O) groups is 1. The molecule has 2 saturated heterocycles. The quantitative estimate of drug-likeness (QED) is 0.751. The summed E-state index contributed by atoms with van der Waals surface area (Å²) in [6.07, 6.45) is 0.971. The van der Waals surface area contributed by atoms with Gasteiger partial charge in [0.15, 0.2) is 9.84 Å². The highest BCUT2D eigenvalue weighted by Gasteiger charge is 2.31. The van der Waals surface area contributed by atoms with E-state index in [1.54, 1.807) is 0 Å². The molecule has 2 aromatic rings. The van der Waals surface area contributed by atoms with Crippen LogP contribution in [0.3, 0.4) is 0 Å². The Morgan fingerprint density at radius 3 is 2.75 bits per heavy atom. The molecule has 0 N–H and O–H groups in total. The van der Waals surface area contributed by atoms with Crippen LogP contribution in [0.4, 0.5) is 0 Å². The number of ether oxygens (including phenoxy) is 1. The lowest BCUT2D eigenvalue weighted by Gasteiger charge is -2.26. The van der Waals surface area contributed by atoms with Crippen molar-refractivity contribution in [1.29, 1.82) is 0 Å². The van der Waals surface area contributed by atoms with Crippen LogP contribution in [0.1, 0.15) is 28.9 Å². The molecule has 2 aliphatic heterocycles. The van der Waals surface area contributed by atoms with E-state index in [-0.39, 0.29) is 23.5 Å². The van der Waals surface area contributed by atoms with Crippen molar-refractivity contribution < 1.29 is 17.9 Å². The molecular formula is C19H25N3O4S2. The summed E-state index contributed by atoms with van der Waals surface area (Å²) in [4.78, 5) is 19.0. The largest absolute Gasteiger partial charge is 0.378 e. The molecule has 0 aromatic carbocycles. The van der Waals surface area contributed by atoms with Crippen LogP contribution in [0.2, 0.25) is 0 Å². The highest BCUT2D eigenvalue weighted by atomic mass is 32.2. The number of rotatable bonds is 4. The van der Waals surface area contributed by atoms with Crippen molar-refractivity contribution >= 4 is 27.1 Å². The van der Waals surface area contributed by atoms with Gasteiger partial charge in [0, 0.05) is 41.5 Å². The smallest absolute Gasteiger partial charge is 0.229 e. The van der Waals surface area contributed by atoms with E-state index in [4.69, 9.17) is 9.72 Å². The number of hydrogen-bond acceptors (Lipinski definition) is 6. The third kappa shape index (κ3) is 3.88. The second-order valence-electron chi connectivity index (χ2n) is 7.51. The summed E-state index contributed by atoms with van der Waals surface area (Å²) in [7, 11) is -2.94. The van der Waals surface area contributed by atoms with Crippen molar-refractivity contribution in [2.45, 2.75) is 32.7 Å². The summed E-state index contributed by atoms with van der Waals surface area (Å²) in [6.45, 7) is 6.50. The molecule has 0 bridgehead atoms. The predicted molar refractivity (Wildman–Crippen MR) is 108 cm³/mol. The molecule has 2 aliphatic rings. The zero-order valence-electron chi connectivity index (χ0n) is 16.2. The molecule has 0 unspecified atom stereocenters. The molecule has 4 rings (SSSR count). The Bertz CT molecular complexity index is 987. The Labute approximate surface area is 169 Å². The molecule has 7 nitrogen and oxygen atoms in total. The van der Waals surface area contributed by atoms with E-state index in [2.05, 4.69) is 10.6 Å². The molecule has 0 aliphatic carbocycles. The number of carbonyl (C=O) groups excluding carboxylic acids is 1. The first kappa shape index (κ1) is 19.6. The van der Waals surface area contributed by atoms with Crippen LogP contribution in [0.25, 0.3) is 11.3 Å². The zero-order chi connectivity index (χ0) is 19.9. The van der Waals surface area contributed by atoms with Gasteiger partial charge in [-0.25, -0.2) is 13.4 Å². The van der Waals surface area contributed by atoms with Gasteiger partial charge in [-0.3, -0.25) is 4.79 Å². The summed E-state index contributed by atoms with van der Waals surface area (Å²) >= 11 is 1.50. The second kappa shape index (κ2) is 7.61. The van der Waals surface area contributed by atoms with Gasteiger partial charge >= 0.3 is 0 Å². The van der Waals surface area contributed by atoms with Gasteiger partial charge in [0.25, 0.3) is 0 Å². The Balaban J connectivity index is 1.52. The Kier molecular flexibility index (Phi) is 5.32. The molecule has 0 saturated carbocycles. The summed E-state index contributed by atoms with van der Waals surface area (Å²) in [5.74, 6) is 0.555. The third-order valence-corrected chi connectivity index (χ3v) is 8.15. The summed E-state index contributed by atoms with van der Waals surface area (Å²) in [5, 5.41) is 2.79. The first-order chi connectivity index (χ1) is 13.3. The standard InChI is InChI=1S/C19H25N3O4S2/c1-13-9-16(14(2)22(13)15-3-8-28(24,25)12-15)17-11-27-18(20-17)10-19(23)21-4-6-26-7-5-21/h9,11,15H,3-8,10,12H2,1-2H3/t15-/m1/s1. The first-order valence-electron chi connectivity index (χ1n) is 9.53. The number of sulfone groups is 1.